The van der Waals surface area contributed by atoms with Gasteiger partial charge in [-0.1, -0.05) is 54.6 Å². The molecule has 0 unspecified atom stereocenters. The lowest BCUT2D eigenvalue weighted by Crippen LogP contribution is -2.00. The summed E-state index contributed by atoms with van der Waals surface area (Å²) >= 11 is 0. The lowest BCUT2D eigenvalue weighted by molar-refractivity contribution is -0.138. The summed E-state index contributed by atoms with van der Waals surface area (Å²) < 4.78 is 5.20. The van der Waals surface area contributed by atoms with E-state index in [4.69, 9.17) is 4.74 Å². The molecule has 27 heavy (non-hydrogen) atoms. The average molecular weight is 359 g/mol. The Morgan fingerprint density at radius 1 is 1.07 bits per heavy atom. The number of pyridine rings is 1. The van der Waals surface area contributed by atoms with Crippen LogP contribution in [0.5, 0.6) is 0 Å². The van der Waals surface area contributed by atoms with Gasteiger partial charge in [-0.25, -0.2) is 4.79 Å². The molecule has 0 aliphatic carbocycles. The molecule has 2 aromatic carbocycles. The SMILES string of the molecule is C[C@@H](O)c1cccc(-c2ccc(/C=C/C(=O)OCc3ccccc3)nc2)c1. The summed E-state index contributed by atoms with van der Waals surface area (Å²) in [7, 11) is 0. The summed E-state index contributed by atoms with van der Waals surface area (Å²) in [6, 6.07) is 21.0. The van der Waals surface area contributed by atoms with Gasteiger partial charge < -0.3 is 9.84 Å². The predicted octanol–water partition coefficient (Wildman–Crippen LogP) is 4.56. The van der Waals surface area contributed by atoms with Crippen LogP contribution in [0.2, 0.25) is 0 Å². The lowest BCUT2D eigenvalue weighted by atomic mass is 10.0. The number of aliphatic hydroxyl groups excluding tert-OH is 1. The van der Waals surface area contributed by atoms with Crippen LogP contribution in [0.25, 0.3) is 17.2 Å². The maximum absolute atomic E-state index is 11.8. The zero-order valence-electron chi connectivity index (χ0n) is 15.1. The van der Waals surface area contributed by atoms with Gasteiger partial charge >= 0.3 is 5.97 Å². The molecule has 4 nitrogen and oxygen atoms in total. The third-order valence-corrected chi connectivity index (χ3v) is 4.10. The Kier molecular flexibility index (Phi) is 6.13. The Labute approximate surface area is 158 Å². The Morgan fingerprint density at radius 2 is 1.89 bits per heavy atom. The minimum absolute atomic E-state index is 0.246. The molecule has 0 radical (unpaired) electrons. The van der Waals surface area contributed by atoms with Gasteiger partial charge in [0.05, 0.1) is 11.8 Å². The first-order valence-electron chi connectivity index (χ1n) is 8.75. The van der Waals surface area contributed by atoms with E-state index in [1.54, 1.807) is 19.2 Å². The van der Waals surface area contributed by atoms with Crippen LogP contribution in [0, 0.1) is 0 Å². The maximum atomic E-state index is 11.8. The average Bonchev–Trinajstić information content (AvgIpc) is 2.72. The molecular formula is C23H21NO3. The molecule has 1 aromatic heterocycles. The van der Waals surface area contributed by atoms with Gasteiger partial charge in [-0.15, -0.1) is 0 Å². The largest absolute Gasteiger partial charge is 0.458 e. The van der Waals surface area contributed by atoms with Crippen LogP contribution in [-0.2, 0) is 16.1 Å². The van der Waals surface area contributed by atoms with Crippen molar-refractivity contribution in [3.8, 4) is 11.1 Å². The second-order valence-corrected chi connectivity index (χ2v) is 6.20. The van der Waals surface area contributed by atoms with Gasteiger partial charge in [-0.2, -0.15) is 0 Å². The molecule has 0 amide bonds. The number of carbonyl (C=O) groups excluding carboxylic acids is 1. The summed E-state index contributed by atoms with van der Waals surface area (Å²) in [5.74, 6) is -0.408. The van der Waals surface area contributed by atoms with Crippen LogP contribution < -0.4 is 0 Å². The number of benzene rings is 2. The van der Waals surface area contributed by atoms with Crippen LogP contribution >= 0.6 is 0 Å². The first-order valence-corrected chi connectivity index (χ1v) is 8.75. The minimum atomic E-state index is -0.512. The van der Waals surface area contributed by atoms with Gasteiger partial charge in [-0.3, -0.25) is 4.98 Å². The number of ether oxygens (including phenoxy) is 1. The van der Waals surface area contributed by atoms with Crippen molar-refractivity contribution in [2.45, 2.75) is 19.6 Å². The first kappa shape index (κ1) is 18.5. The number of esters is 1. The topological polar surface area (TPSA) is 59.4 Å². The molecule has 0 aliphatic rings. The summed E-state index contributed by atoms with van der Waals surface area (Å²) in [5.41, 5.74) is 4.40. The zero-order chi connectivity index (χ0) is 19.1. The fraction of sp³-hybridized carbons (Fsp3) is 0.130. The van der Waals surface area contributed by atoms with E-state index in [9.17, 15) is 9.90 Å². The maximum Gasteiger partial charge on any atom is 0.331 e. The Bertz CT molecular complexity index is 916. The van der Waals surface area contributed by atoms with E-state index in [2.05, 4.69) is 4.98 Å². The second-order valence-electron chi connectivity index (χ2n) is 6.20. The summed E-state index contributed by atoms with van der Waals surface area (Å²) in [5, 5.41) is 9.71. The number of nitrogens with zero attached hydrogens (tertiary/aromatic N) is 1. The van der Waals surface area contributed by atoms with E-state index in [1.165, 1.54) is 6.08 Å². The van der Waals surface area contributed by atoms with Crippen molar-refractivity contribution in [3.63, 3.8) is 0 Å². The fourth-order valence-corrected chi connectivity index (χ4v) is 2.58. The monoisotopic (exact) mass is 359 g/mol. The molecule has 0 bridgehead atoms. The van der Waals surface area contributed by atoms with Crippen molar-refractivity contribution in [2.75, 3.05) is 0 Å². The van der Waals surface area contributed by atoms with Crippen molar-refractivity contribution in [1.82, 2.24) is 4.98 Å². The predicted molar refractivity (Wildman–Crippen MR) is 106 cm³/mol. The molecule has 4 heteroatoms. The van der Waals surface area contributed by atoms with Gasteiger partial charge in [0, 0.05) is 17.8 Å². The molecule has 0 saturated heterocycles. The van der Waals surface area contributed by atoms with E-state index in [0.717, 1.165) is 22.3 Å². The first-order chi connectivity index (χ1) is 13.1. The number of aromatic nitrogens is 1. The molecule has 3 rings (SSSR count). The second kappa shape index (κ2) is 8.92. The standard InChI is InChI=1S/C23H21NO3/c1-17(25)19-8-5-9-20(14-19)21-10-11-22(24-15-21)12-13-23(26)27-16-18-6-3-2-4-7-18/h2-15,17,25H,16H2,1H3/b13-12+/t17-/m1/s1. The highest BCUT2D eigenvalue weighted by molar-refractivity contribution is 5.86. The molecular weight excluding hydrogens is 338 g/mol. The van der Waals surface area contributed by atoms with E-state index in [-0.39, 0.29) is 6.61 Å². The van der Waals surface area contributed by atoms with Crippen molar-refractivity contribution in [1.29, 1.82) is 0 Å². The van der Waals surface area contributed by atoms with Crippen molar-refractivity contribution in [3.05, 3.63) is 95.8 Å². The number of hydrogen-bond donors (Lipinski definition) is 1. The molecule has 0 saturated carbocycles. The number of rotatable bonds is 6. The molecule has 0 aliphatic heterocycles. The van der Waals surface area contributed by atoms with E-state index in [1.807, 2.05) is 66.7 Å². The van der Waals surface area contributed by atoms with Crippen molar-refractivity contribution < 1.29 is 14.6 Å². The lowest BCUT2D eigenvalue weighted by Gasteiger charge is -2.07. The molecule has 1 atom stereocenters. The highest BCUT2D eigenvalue weighted by Crippen LogP contribution is 2.23. The van der Waals surface area contributed by atoms with E-state index in [0.29, 0.717) is 5.69 Å². The summed E-state index contributed by atoms with van der Waals surface area (Å²) in [6.45, 7) is 1.98. The third-order valence-electron chi connectivity index (χ3n) is 4.10. The number of carbonyl (C=O) groups is 1. The summed E-state index contributed by atoms with van der Waals surface area (Å²) in [4.78, 5) is 16.2. The van der Waals surface area contributed by atoms with Gasteiger partial charge in [0.2, 0.25) is 0 Å². The Balaban J connectivity index is 1.61. The molecule has 136 valence electrons. The Hall–Kier alpha value is -3.24. The number of hydrogen-bond acceptors (Lipinski definition) is 4. The summed E-state index contributed by atoms with van der Waals surface area (Å²) in [6.07, 6.45) is 4.24. The quantitative estimate of drug-likeness (QED) is 0.518. The van der Waals surface area contributed by atoms with Crippen LogP contribution in [-0.4, -0.2) is 16.1 Å². The van der Waals surface area contributed by atoms with Crippen molar-refractivity contribution in [2.24, 2.45) is 0 Å². The van der Waals surface area contributed by atoms with Crippen LogP contribution in [0.1, 0.15) is 29.8 Å². The molecule has 1 heterocycles. The highest BCUT2D eigenvalue weighted by atomic mass is 16.5. The smallest absolute Gasteiger partial charge is 0.331 e. The van der Waals surface area contributed by atoms with E-state index >= 15 is 0 Å². The van der Waals surface area contributed by atoms with Crippen LogP contribution in [0.4, 0.5) is 0 Å². The molecule has 3 aromatic rings. The van der Waals surface area contributed by atoms with Crippen LogP contribution in [0.15, 0.2) is 79.0 Å². The minimum Gasteiger partial charge on any atom is -0.458 e. The normalized spacial score (nSPS) is 12.1. The van der Waals surface area contributed by atoms with Gasteiger partial charge in [0.25, 0.3) is 0 Å². The number of aliphatic hydroxyl groups is 1. The Morgan fingerprint density at radius 3 is 2.59 bits per heavy atom. The van der Waals surface area contributed by atoms with Gasteiger partial charge in [-0.05, 0) is 41.8 Å². The van der Waals surface area contributed by atoms with Gasteiger partial charge in [0.1, 0.15) is 6.61 Å². The third kappa shape index (κ3) is 5.36. The van der Waals surface area contributed by atoms with Gasteiger partial charge in [0.15, 0.2) is 0 Å². The molecule has 0 spiro atoms. The van der Waals surface area contributed by atoms with Crippen molar-refractivity contribution >= 4 is 12.0 Å². The fourth-order valence-electron chi connectivity index (χ4n) is 2.58. The zero-order valence-corrected chi connectivity index (χ0v) is 15.1. The van der Waals surface area contributed by atoms with Crippen LogP contribution in [0.3, 0.4) is 0 Å². The molecule has 0 fully saturated rings. The van der Waals surface area contributed by atoms with E-state index < -0.39 is 12.1 Å². The highest BCUT2D eigenvalue weighted by Gasteiger charge is 2.04. The molecule has 1 N–H and O–H groups in total.